The Morgan fingerprint density at radius 3 is 2.92 bits per heavy atom. The van der Waals surface area contributed by atoms with Crippen LogP contribution in [0.25, 0.3) is 0 Å². The van der Waals surface area contributed by atoms with Gasteiger partial charge in [0, 0.05) is 32.0 Å². The van der Waals surface area contributed by atoms with E-state index in [0.717, 1.165) is 19.5 Å². The van der Waals surface area contributed by atoms with E-state index >= 15 is 0 Å². The molecule has 2 aromatic heterocycles. The molecule has 128 valence electrons. The van der Waals surface area contributed by atoms with Crippen LogP contribution in [-0.2, 0) is 6.42 Å². The van der Waals surface area contributed by atoms with Crippen molar-refractivity contribution in [3.63, 3.8) is 0 Å². The van der Waals surface area contributed by atoms with Gasteiger partial charge < -0.3 is 4.90 Å². The summed E-state index contributed by atoms with van der Waals surface area (Å²) in [4.78, 5) is 16.7. The molecule has 2 atom stereocenters. The summed E-state index contributed by atoms with van der Waals surface area (Å²) in [6.07, 6.45) is 6.82. The standard InChI is InChI=1S/C18H24FN5/c1-4-15-16(19)18(22-12-21-15)24(3)11-14-7-9-23(2)17(14)13-6-5-8-20-10-13/h5-6,8,10,12,14,17H,4,7,9,11H2,1-3H3/t14-,17-/m0/s1. The minimum Gasteiger partial charge on any atom is -0.357 e. The molecular formula is C18H24FN5. The van der Waals surface area contributed by atoms with Gasteiger partial charge in [-0.25, -0.2) is 14.4 Å². The van der Waals surface area contributed by atoms with Crippen LogP contribution in [0.3, 0.4) is 0 Å². The van der Waals surface area contributed by atoms with Gasteiger partial charge in [0.15, 0.2) is 11.6 Å². The van der Waals surface area contributed by atoms with Gasteiger partial charge in [-0.2, -0.15) is 0 Å². The number of anilines is 1. The highest BCUT2D eigenvalue weighted by Gasteiger charge is 2.34. The predicted octanol–water partition coefficient (Wildman–Crippen LogP) is 2.70. The minimum atomic E-state index is -0.299. The Hall–Kier alpha value is -2.08. The van der Waals surface area contributed by atoms with Gasteiger partial charge in [-0.05, 0) is 44.0 Å². The Morgan fingerprint density at radius 2 is 2.21 bits per heavy atom. The molecule has 1 aliphatic rings. The third kappa shape index (κ3) is 3.24. The van der Waals surface area contributed by atoms with E-state index in [1.807, 2.05) is 31.1 Å². The van der Waals surface area contributed by atoms with E-state index in [4.69, 9.17) is 0 Å². The molecule has 0 radical (unpaired) electrons. The van der Waals surface area contributed by atoms with E-state index in [1.54, 1.807) is 6.20 Å². The number of halogens is 1. The molecule has 1 aliphatic heterocycles. The summed E-state index contributed by atoms with van der Waals surface area (Å²) in [5.41, 5.74) is 1.69. The fourth-order valence-corrected chi connectivity index (χ4v) is 3.64. The van der Waals surface area contributed by atoms with Crippen LogP contribution < -0.4 is 4.90 Å². The average molecular weight is 329 g/mol. The van der Waals surface area contributed by atoms with Gasteiger partial charge in [0.25, 0.3) is 0 Å². The summed E-state index contributed by atoms with van der Waals surface area (Å²) >= 11 is 0. The maximum absolute atomic E-state index is 14.5. The zero-order valence-electron chi connectivity index (χ0n) is 14.5. The van der Waals surface area contributed by atoms with Crippen molar-refractivity contribution in [2.75, 3.05) is 32.1 Å². The molecule has 0 aromatic carbocycles. The first kappa shape index (κ1) is 16.8. The fraction of sp³-hybridized carbons (Fsp3) is 0.500. The molecule has 1 fully saturated rings. The van der Waals surface area contributed by atoms with Crippen LogP contribution in [0.1, 0.15) is 30.6 Å². The Morgan fingerprint density at radius 1 is 1.38 bits per heavy atom. The monoisotopic (exact) mass is 329 g/mol. The van der Waals surface area contributed by atoms with Gasteiger partial charge in [0.05, 0.1) is 5.69 Å². The second-order valence-corrected chi connectivity index (χ2v) is 6.45. The summed E-state index contributed by atoms with van der Waals surface area (Å²) in [5, 5.41) is 0. The smallest absolute Gasteiger partial charge is 0.187 e. The van der Waals surface area contributed by atoms with Crippen molar-refractivity contribution in [3.8, 4) is 0 Å². The van der Waals surface area contributed by atoms with E-state index in [9.17, 15) is 4.39 Å². The molecule has 3 rings (SSSR count). The lowest BCUT2D eigenvalue weighted by molar-refractivity contribution is 0.277. The molecule has 0 amide bonds. The number of hydrogen-bond donors (Lipinski definition) is 0. The van der Waals surface area contributed by atoms with Gasteiger partial charge in [-0.3, -0.25) is 9.88 Å². The maximum Gasteiger partial charge on any atom is 0.187 e. The van der Waals surface area contributed by atoms with Gasteiger partial charge in [0.2, 0.25) is 0 Å². The molecule has 2 aromatic rings. The number of aryl methyl sites for hydroxylation is 1. The topological polar surface area (TPSA) is 45.2 Å². The van der Waals surface area contributed by atoms with Crippen LogP contribution in [0, 0.1) is 11.7 Å². The van der Waals surface area contributed by atoms with Gasteiger partial charge in [-0.1, -0.05) is 13.0 Å². The van der Waals surface area contributed by atoms with Crippen LogP contribution >= 0.6 is 0 Å². The Balaban J connectivity index is 1.80. The van der Waals surface area contributed by atoms with Crippen LogP contribution in [0.2, 0.25) is 0 Å². The molecule has 0 bridgehead atoms. The van der Waals surface area contributed by atoms with Crippen LogP contribution in [0.5, 0.6) is 0 Å². The average Bonchev–Trinajstić information content (AvgIpc) is 2.96. The highest BCUT2D eigenvalue weighted by Crippen LogP contribution is 2.36. The molecule has 24 heavy (non-hydrogen) atoms. The molecule has 0 spiro atoms. The molecule has 0 aliphatic carbocycles. The number of aromatic nitrogens is 3. The van der Waals surface area contributed by atoms with Crippen LogP contribution in [0.15, 0.2) is 30.9 Å². The number of hydrogen-bond acceptors (Lipinski definition) is 5. The molecule has 6 heteroatoms. The summed E-state index contributed by atoms with van der Waals surface area (Å²) in [6, 6.07) is 4.39. The number of rotatable bonds is 5. The molecule has 1 saturated heterocycles. The Bertz CT molecular complexity index is 678. The van der Waals surface area contributed by atoms with Gasteiger partial charge in [-0.15, -0.1) is 0 Å². The lowest BCUT2D eigenvalue weighted by Gasteiger charge is -2.29. The summed E-state index contributed by atoms with van der Waals surface area (Å²) < 4.78 is 14.5. The van der Waals surface area contributed by atoms with E-state index < -0.39 is 0 Å². The maximum atomic E-state index is 14.5. The van der Waals surface area contributed by atoms with E-state index in [1.165, 1.54) is 11.9 Å². The highest BCUT2D eigenvalue weighted by atomic mass is 19.1. The Kier molecular flexibility index (Phi) is 5.04. The first-order valence-corrected chi connectivity index (χ1v) is 8.42. The van der Waals surface area contributed by atoms with Crippen molar-refractivity contribution in [3.05, 3.63) is 47.9 Å². The third-order valence-corrected chi connectivity index (χ3v) is 4.85. The lowest BCUT2D eigenvalue weighted by Crippen LogP contribution is -2.31. The van der Waals surface area contributed by atoms with E-state index in [0.29, 0.717) is 29.9 Å². The number of likely N-dealkylation sites (tertiary alicyclic amines) is 1. The summed E-state index contributed by atoms with van der Waals surface area (Å²) in [5.74, 6) is 0.497. The zero-order valence-corrected chi connectivity index (χ0v) is 14.5. The van der Waals surface area contributed by atoms with Crippen molar-refractivity contribution in [1.82, 2.24) is 19.9 Å². The van der Waals surface area contributed by atoms with Gasteiger partial charge in [0.1, 0.15) is 6.33 Å². The van der Waals surface area contributed by atoms with Crippen LogP contribution in [-0.4, -0.2) is 47.0 Å². The highest BCUT2D eigenvalue weighted by molar-refractivity contribution is 5.40. The van der Waals surface area contributed by atoms with Crippen molar-refractivity contribution in [2.45, 2.75) is 25.8 Å². The van der Waals surface area contributed by atoms with E-state index in [-0.39, 0.29) is 5.82 Å². The molecule has 5 nitrogen and oxygen atoms in total. The minimum absolute atomic E-state index is 0.299. The molecule has 0 saturated carbocycles. The number of pyridine rings is 1. The van der Waals surface area contributed by atoms with Crippen molar-refractivity contribution in [2.24, 2.45) is 5.92 Å². The second-order valence-electron chi connectivity index (χ2n) is 6.45. The largest absolute Gasteiger partial charge is 0.357 e. The van der Waals surface area contributed by atoms with Gasteiger partial charge >= 0.3 is 0 Å². The second kappa shape index (κ2) is 7.21. The molecule has 0 N–H and O–H groups in total. The summed E-state index contributed by atoms with van der Waals surface area (Å²) in [6.45, 7) is 3.69. The van der Waals surface area contributed by atoms with Crippen LogP contribution in [0.4, 0.5) is 10.2 Å². The number of nitrogens with zero attached hydrogens (tertiary/aromatic N) is 5. The first-order chi connectivity index (χ1) is 11.6. The van der Waals surface area contributed by atoms with E-state index in [2.05, 4.69) is 33.0 Å². The lowest BCUT2D eigenvalue weighted by atomic mass is 9.94. The SMILES string of the molecule is CCc1ncnc(N(C)C[C@@H]2CCN(C)[C@H]2c2cccnc2)c1F. The summed E-state index contributed by atoms with van der Waals surface area (Å²) in [7, 11) is 4.04. The molecular weight excluding hydrogens is 305 g/mol. The van der Waals surface area contributed by atoms with Crippen molar-refractivity contribution < 1.29 is 4.39 Å². The zero-order chi connectivity index (χ0) is 17.1. The Labute approximate surface area is 142 Å². The fourth-order valence-electron chi connectivity index (χ4n) is 3.64. The quantitative estimate of drug-likeness (QED) is 0.844. The van der Waals surface area contributed by atoms with Crippen molar-refractivity contribution in [1.29, 1.82) is 0 Å². The predicted molar refractivity (Wildman–Crippen MR) is 92.4 cm³/mol. The molecule has 3 heterocycles. The normalized spacial score (nSPS) is 21.2. The first-order valence-electron chi connectivity index (χ1n) is 8.42. The molecule has 0 unspecified atom stereocenters. The van der Waals surface area contributed by atoms with Crippen molar-refractivity contribution >= 4 is 5.82 Å². The third-order valence-electron chi connectivity index (χ3n) is 4.85.